The van der Waals surface area contributed by atoms with Crippen molar-refractivity contribution in [3.05, 3.63) is 35.9 Å². The van der Waals surface area contributed by atoms with Crippen molar-refractivity contribution in [2.75, 3.05) is 19.7 Å². The molecule has 3 N–H and O–H groups in total. The molecule has 0 saturated carbocycles. The third kappa shape index (κ3) is 5.30. The van der Waals surface area contributed by atoms with Crippen LogP contribution in [0.25, 0.3) is 0 Å². The standard InChI is InChI=1S/C18H29N3O2/c1-3-15(19)18(22)20-16(4-2)17-13-21(10-11-23-17)12-14-8-6-5-7-9-14/h5-9,15-17H,3-4,10-13,19H2,1-2H3,(H,20,22)/t15-,16?,17?/m0/s1. The third-order valence-corrected chi connectivity index (χ3v) is 4.42. The second-order valence-corrected chi connectivity index (χ2v) is 6.17. The van der Waals surface area contributed by atoms with Gasteiger partial charge in [-0.05, 0) is 18.4 Å². The van der Waals surface area contributed by atoms with Gasteiger partial charge in [-0.1, -0.05) is 44.2 Å². The summed E-state index contributed by atoms with van der Waals surface area (Å²) in [5, 5.41) is 3.06. The smallest absolute Gasteiger partial charge is 0.237 e. The number of hydrogen-bond donors (Lipinski definition) is 2. The normalized spacial score (nSPS) is 21.6. The number of nitrogens with one attached hydrogen (secondary N) is 1. The van der Waals surface area contributed by atoms with Crippen LogP contribution < -0.4 is 11.1 Å². The molecule has 0 bridgehead atoms. The van der Waals surface area contributed by atoms with Gasteiger partial charge in [-0.15, -0.1) is 0 Å². The zero-order valence-corrected chi connectivity index (χ0v) is 14.2. The summed E-state index contributed by atoms with van der Waals surface area (Å²) in [5.41, 5.74) is 7.12. The van der Waals surface area contributed by atoms with E-state index in [0.29, 0.717) is 13.0 Å². The van der Waals surface area contributed by atoms with Crippen LogP contribution in [0.2, 0.25) is 0 Å². The second-order valence-electron chi connectivity index (χ2n) is 6.17. The lowest BCUT2D eigenvalue weighted by Gasteiger charge is -2.37. The van der Waals surface area contributed by atoms with Crippen molar-refractivity contribution < 1.29 is 9.53 Å². The van der Waals surface area contributed by atoms with Crippen LogP contribution in [0.4, 0.5) is 0 Å². The molecule has 128 valence electrons. The molecule has 1 amide bonds. The predicted octanol–water partition coefficient (Wildman–Crippen LogP) is 1.52. The van der Waals surface area contributed by atoms with Crippen molar-refractivity contribution in [1.29, 1.82) is 0 Å². The lowest BCUT2D eigenvalue weighted by atomic mass is 10.0. The summed E-state index contributed by atoms with van der Waals surface area (Å²) in [6.45, 7) is 7.36. The fourth-order valence-corrected chi connectivity index (χ4v) is 2.89. The van der Waals surface area contributed by atoms with E-state index >= 15 is 0 Å². The maximum atomic E-state index is 12.1. The van der Waals surface area contributed by atoms with Gasteiger partial charge in [0.1, 0.15) is 0 Å². The molecule has 5 heteroatoms. The van der Waals surface area contributed by atoms with E-state index < -0.39 is 6.04 Å². The van der Waals surface area contributed by atoms with Gasteiger partial charge in [-0.25, -0.2) is 0 Å². The molecule has 3 atom stereocenters. The fraction of sp³-hybridized carbons (Fsp3) is 0.611. The molecule has 2 rings (SSSR count). The monoisotopic (exact) mass is 319 g/mol. The Labute approximate surface area is 139 Å². The molecular formula is C18H29N3O2. The van der Waals surface area contributed by atoms with Crippen LogP contribution >= 0.6 is 0 Å². The number of benzene rings is 1. The molecule has 0 spiro atoms. The molecule has 1 aromatic carbocycles. The molecule has 23 heavy (non-hydrogen) atoms. The predicted molar refractivity (Wildman–Crippen MR) is 91.9 cm³/mol. The SMILES string of the molecule is CCC(NC(=O)[C@@H](N)CC)C1CN(Cc2ccccc2)CCO1. The quantitative estimate of drug-likeness (QED) is 0.799. The highest BCUT2D eigenvalue weighted by atomic mass is 16.5. The highest BCUT2D eigenvalue weighted by molar-refractivity contribution is 5.81. The van der Waals surface area contributed by atoms with Crippen molar-refractivity contribution in [2.24, 2.45) is 5.73 Å². The third-order valence-electron chi connectivity index (χ3n) is 4.42. The van der Waals surface area contributed by atoms with Gasteiger partial charge in [0.15, 0.2) is 0 Å². The first-order chi connectivity index (χ1) is 11.1. The van der Waals surface area contributed by atoms with Gasteiger partial charge in [-0.2, -0.15) is 0 Å². The Hall–Kier alpha value is -1.43. The Balaban J connectivity index is 1.91. The molecular weight excluding hydrogens is 290 g/mol. The summed E-state index contributed by atoms with van der Waals surface area (Å²) in [7, 11) is 0. The lowest BCUT2D eigenvalue weighted by molar-refractivity contribution is -0.125. The number of amides is 1. The maximum Gasteiger partial charge on any atom is 0.237 e. The summed E-state index contributed by atoms with van der Waals surface area (Å²) >= 11 is 0. The average molecular weight is 319 g/mol. The van der Waals surface area contributed by atoms with Crippen molar-refractivity contribution in [2.45, 2.75) is 51.4 Å². The van der Waals surface area contributed by atoms with Gasteiger partial charge in [0, 0.05) is 19.6 Å². The van der Waals surface area contributed by atoms with E-state index in [0.717, 1.165) is 26.1 Å². The first kappa shape index (κ1) is 17.9. The largest absolute Gasteiger partial charge is 0.373 e. The summed E-state index contributed by atoms with van der Waals surface area (Å²) < 4.78 is 5.92. The Morgan fingerprint density at radius 3 is 2.74 bits per heavy atom. The van der Waals surface area contributed by atoms with Gasteiger partial charge in [0.25, 0.3) is 0 Å². The van der Waals surface area contributed by atoms with Crippen LogP contribution in [-0.4, -0.2) is 48.7 Å². The van der Waals surface area contributed by atoms with Crippen LogP contribution in [0.1, 0.15) is 32.3 Å². The Morgan fingerprint density at radius 2 is 2.09 bits per heavy atom. The zero-order valence-electron chi connectivity index (χ0n) is 14.2. The van der Waals surface area contributed by atoms with E-state index in [1.54, 1.807) is 0 Å². The van der Waals surface area contributed by atoms with Crippen LogP contribution in [0.5, 0.6) is 0 Å². The topological polar surface area (TPSA) is 67.6 Å². The second kappa shape index (κ2) is 9.01. The zero-order chi connectivity index (χ0) is 16.7. The molecule has 5 nitrogen and oxygen atoms in total. The molecule has 1 saturated heterocycles. The minimum absolute atomic E-state index is 0.0127. The van der Waals surface area contributed by atoms with Gasteiger partial charge < -0.3 is 15.8 Å². The number of rotatable bonds is 7. The molecule has 1 heterocycles. The van der Waals surface area contributed by atoms with Crippen molar-refractivity contribution >= 4 is 5.91 Å². The fourth-order valence-electron chi connectivity index (χ4n) is 2.89. The molecule has 1 aliphatic heterocycles. The van der Waals surface area contributed by atoms with E-state index in [1.165, 1.54) is 5.56 Å². The Bertz CT molecular complexity index is 480. The summed E-state index contributed by atoms with van der Waals surface area (Å²) in [6, 6.07) is 10.0. The van der Waals surface area contributed by atoms with Gasteiger partial charge in [0.2, 0.25) is 5.91 Å². The number of carbonyl (C=O) groups is 1. The van der Waals surface area contributed by atoms with E-state index in [9.17, 15) is 4.79 Å². The number of carbonyl (C=O) groups excluding carboxylic acids is 1. The summed E-state index contributed by atoms with van der Waals surface area (Å²) in [6.07, 6.45) is 1.51. The van der Waals surface area contributed by atoms with Crippen LogP contribution in [0.3, 0.4) is 0 Å². The van der Waals surface area contributed by atoms with Crippen LogP contribution in [-0.2, 0) is 16.1 Å². The highest BCUT2D eigenvalue weighted by Crippen LogP contribution is 2.14. The van der Waals surface area contributed by atoms with Gasteiger partial charge in [0.05, 0.1) is 24.8 Å². The van der Waals surface area contributed by atoms with Crippen molar-refractivity contribution in [3.8, 4) is 0 Å². The van der Waals surface area contributed by atoms with Crippen LogP contribution in [0, 0.1) is 0 Å². The first-order valence-electron chi connectivity index (χ1n) is 8.57. The molecule has 0 aromatic heterocycles. The minimum atomic E-state index is -0.437. The lowest BCUT2D eigenvalue weighted by Crippen LogP contribution is -2.55. The summed E-state index contributed by atoms with van der Waals surface area (Å²) in [5.74, 6) is -0.0804. The van der Waals surface area contributed by atoms with Crippen LogP contribution in [0.15, 0.2) is 30.3 Å². The number of hydrogen-bond acceptors (Lipinski definition) is 4. The highest BCUT2D eigenvalue weighted by Gasteiger charge is 2.29. The number of nitrogens with two attached hydrogens (primary N) is 1. The Kier molecular flexibility index (Phi) is 7.02. The number of nitrogens with zero attached hydrogens (tertiary/aromatic N) is 1. The minimum Gasteiger partial charge on any atom is -0.373 e. The molecule has 1 aliphatic rings. The first-order valence-corrected chi connectivity index (χ1v) is 8.57. The summed E-state index contributed by atoms with van der Waals surface area (Å²) in [4.78, 5) is 14.4. The molecule has 0 radical (unpaired) electrons. The van der Waals surface area contributed by atoms with Gasteiger partial charge in [-0.3, -0.25) is 9.69 Å². The molecule has 2 unspecified atom stereocenters. The van der Waals surface area contributed by atoms with Gasteiger partial charge >= 0.3 is 0 Å². The maximum absolute atomic E-state index is 12.1. The number of morpholine rings is 1. The average Bonchev–Trinajstić information content (AvgIpc) is 2.59. The van der Waals surface area contributed by atoms with E-state index in [-0.39, 0.29) is 18.1 Å². The van der Waals surface area contributed by atoms with Crippen molar-refractivity contribution in [3.63, 3.8) is 0 Å². The van der Waals surface area contributed by atoms with E-state index in [4.69, 9.17) is 10.5 Å². The van der Waals surface area contributed by atoms with Crippen molar-refractivity contribution in [1.82, 2.24) is 10.2 Å². The van der Waals surface area contributed by atoms with E-state index in [2.05, 4.69) is 41.4 Å². The number of ether oxygens (including phenoxy) is 1. The molecule has 0 aliphatic carbocycles. The molecule has 1 fully saturated rings. The Morgan fingerprint density at radius 1 is 1.35 bits per heavy atom. The molecule has 1 aromatic rings. The van der Waals surface area contributed by atoms with E-state index in [1.807, 2.05) is 13.0 Å².